The molecular weight excluding hydrogens is 399 g/mol. The number of sulfonamides is 1. The van der Waals surface area contributed by atoms with Crippen molar-refractivity contribution in [3.05, 3.63) is 47.7 Å². The molecule has 28 heavy (non-hydrogen) atoms. The van der Waals surface area contributed by atoms with Gasteiger partial charge >= 0.3 is 6.18 Å². The second-order valence-corrected chi connectivity index (χ2v) is 7.86. The Kier molecular flexibility index (Phi) is 5.57. The first-order valence-corrected chi connectivity index (χ1v) is 9.68. The first-order valence-electron chi connectivity index (χ1n) is 8.19. The summed E-state index contributed by atoms with van der Waals surface area (Å²) in [5.41, 5.74) is 1.69. The lowest BCUT2D eigenvalue weighted by Crippen LogP contribution is -2.24. The molecule has 11 heteroatoms. The summed E-state index contributed by atoms with van der Waals surface area (Å²) < 4.78 is 68.6. The van der Waals surface area contributed by atoms with Gasteiger partial charge in [-0.05, 0) is 41.8 Å². The summed E-state index contributed by atoms with van der Waals surface area (Å²) in [6.45, 7) is -1.64. The van der Waals surface area contributed by atoms with E-state index in [1.165, 1.54) is 36.5 Å². The van der Waals surface area contributed by atoms with E-state index < -0.39 is 22.8 Å². The van der Waals surface area contributed by atoms with Gasteiger partial charge in [-0.15, -0.1) is 0 Å². The van der Waals surface area contributed by atoms with E-state index >= 15 is 0 Å². The number of nitrogens with one attached hydrogen (secondary N) is 2. The fraction of sp³-hybridized carbons (Fsp3) is 0.294. The Morgan fingerprint density at radius 2 is 1.96 bits per heavy atom. The van der Waals surface area contributed by atoms with Gasteiger partial charge in [0.15, 0.2) is 6.61 Å². The fourth-order valence-corrected chi connectivity index (χ4v) is 3.65. The van der Waals surface area contributed by atoms with Crippen molar-refractivity contribution in [2.24, 2.45) is 0 Å². The number of rotatable bonds is 6. The number of ether oxygens (including phenoxy) is 1. The van der Waals surface area contributed by atoms with E-state index in [9.17, 15) is 26.4 Å². The summed E-state index contributed by atoms with van der Waals surface area (Å²) in [5.74, 6) is -0.374. The van der Waals surface area contributed by atoms with Gasteiger partial charge in [0.2, 0.25) is 21.8 Å². The van der Waals surface area contributed by atoms with Gasteiger partial charge in [-0.25, -0.2) is 18.1 Å². The first kappa shape index (κ1) is 20.1. The van der Waals surface area contributed by atoms with Crippen LogP contribution in [-0.4, -0.2) is 32.1 Å². The summed E-state index contributed by atoms with van der Waals surface area (Å²) >= 11 is 0. The lowest BCUT2D eigenvalue weighted by molar-refractivity contribution is -0.154. The molecule has 0 unspecified atom stereocenters. The molecule has 1 amide bonds. The van der Waals surface area contributed by atoms with Crippen LogP contribution in [0.1, 0.15) is 17.5 Å². The van der Waals surface area contributed by atoms with E-state index in [1.807, 2.05) is 0 Å². The first-order chi connectivity index (χ1) is 13.1. The maximum atomic E-state index is 12.5. The smallest absolute Gasteiger partial charge is 0.422 e. The molecule has 0 aliphatic carbocycles. The highest BCUT2D eigenvalue weighted by molar-refractivity contribution is 7.89. The van der Waals surface area contributed by atoms with Gasteiger partial charge in [-0.3, -0.25) is 4.79 Å². The van der Waals surface area contributed by atoms with Crippen molar-refractivity contribution in [3.8, 4) is 5.88 Å². The number of pyridine rings is 1. The van der Waals surface area contributed by atoms with Crippen LogP contribution in [0.25, 0.3) is 0 Å². The van der Waals surface area contributed by atoms with Gasteiger partial charge in [-0.1, -0.05) is 0 Å². The van der Waals surface area contributed by atoms with Crippen LogP contribution in [0.3, 0.4) is 0 Å². The molecule has 1 aromatic heterocycles. The van der Waals surface area contributed by atoms with Crippen molar-refractivity contribution in [3.63, 3.8) is 0 Å². The van der Waals surface area contributed by atoms with Crippen molar-refractivity contribution in [2.45, 2.75) is 30.5 Å². The van der Waals surface area contributed by atoms with Crippen molar-refractivity contribution < 1.29 is 31.1 Å². The number of hydrogen-bond donors (Lipinski definition) is 2. The third kappa shape index (κ3) is 5.20. The topological polar surface area (TPSA) is 97.4 Å². The predicted molar refractivity (Wildman–Crippen MR) is 93.2 cm³/mol. The molecule has 0 fully saturated rings. The van der Waals surface area contributed by atoms with Crippen LogP contribution in [0.2, 0.25) is 0 Å². The van der Waals surface area contributed by atoms with Crippen LogP contribution in [0.4, 0.5) is 18.9 Å². The van der Waals surface area contributed by atoms with E-state index in [0.717, 1.165) is 0 Å². The van der Waals surface area contributed by atoms with Gasteiger partial charge in [-0.2, -0.15) is 13.2 Å². The number of halogens is 3. The number of anilines is 1. The molecule has 150 valence electrons. The lowest BCUT2D eigenvalue weighted by atomic mass is 10.0. The SMILES string of the molecule is O=C1CCc2cc(S(=O)(=O)NCc3ccnc(OCC(F)(F)F)c3)ccc2N1. The van der Waals surface area contributed by atoms with Crippen LogP contribution in [0, 0.1) is 0 Å². The van der Waals surface area contributed by atoms with E-state index in [4.69, 9.17) is 0 Å². The van der Waals surface area contributed by atoms with Gasteiger partial charge in [0.25, 0.3) is 0 Å². The molecule has 0 spiro atoms. The minimum atomic E-state index is -4.49. The number of carbonyl (C=O) groups is 1. The number of carbonyl (C=O) groups excluding carboxylic acids is 1. The van der Waals surface area contributed by atoms with Crippen LogP contribution < -0.4 is 14.8 Å². The summed E-state index contributed by atoms with van der Waals surface area (Å²) in [6.07, 6.45) is -2.54. The van der Waals surface area contributed by atoms with Crippen LogP contribution >= 0.6 is 0 Å². The number of benzene rings is 1. The Balaban J connectivity index is 1.68. The number of alkyl halides is 3. The standard InChI is InChI=1S/C17H16F3N3O4S/c18-17(19,20)10-27-16-7-11(5-6-21-16)9-22-28(25,26)13-2-3-14-12(8-13)1-4-15(24)23-14/h2-3,5-8,22H,1,4,9-10H2,(H,23,24). The van der Waals surface area contributed by atoms with Gasteiger partial charge in [0.05, 0.1) is 4.90 Å². The zero-order valence-corrected chi connectivity index (χ0v) is 15.2. The highest BCUT2D eigenvalue weighted by Gasteiger charge is 2.28. The van der Waals surface area contributed by atoms with Gasteiger partial charge in [0.1, 0.15) is 0 Å². The molecule has 0 bridgehead atoms. The molecule has 1 aliphatic rings. The van der Waals surface area contributed by atoms with E-state index in [1.54, 1.807) is 0 Å². The minimum absolute atomic E-state index is 0.0324. The number of aryl methyl sites for hydroxylation is 1. The van der Waals surface area contributed by atoms with E-state index in [2.05, 4.69) is 19.8 Å². The van der Waals surface area contributed by atoms with Crippen LogP contribution in [0.15, 0.2) is 41.4 Å². The van der Waals surface area contributed by atoms with Crippen molar-refractivity contribution in [2.75, 3.05) is 11.9 Å². The van der Waals surface area contributed by atoms with Crippen molar-refractivity contribution >= 4 is 21.6 Å². The van der Waals surface area contributed by atoms with Crippen molar-refractivity contribution in [1.82, 2.24) is 9.71 Å². The Morgan fingerprint density at radius 1 is 1.18 bits per heavy atom. The summed E-state index contributed by atoms with van der Waals surface area (Å²) in [7, 11) is -3.86. The molecule has 0 radical (unpaired) electrons. The Labute approximate surface area is 159 Å². The number of amides is 1. The largest absolute Gasteiger partial charge is 0.468 e. The zero-order valence-electron chi connectivity index (χ0n) is 14.4. The number of nitrogens with zero attached hydrogens (tertiary/aromatic N) is 1. The van der Waals surface area contributed by atoms with Crippen molar-refractivity contribution in [1.29, 1.82) is 0 Å². The predicted octanol–water partition coefficient (Wildman–Crippen LogP) is 2.39. The molecule has 2 aromatic rings. The van der Waals surface area contributed by atoms with Gasteiger partial charge in [0, 0.05) is 30.9 Å². The zero-order chi connectivity index (χ0) is 20.4. The molecule has 7 nitrogen and oxygen atoms in total. The molecule has 2 N–H and O–H groups in total. The average molecular weight is 415 g/mol. The quantitative estimate of drug-likeness (QED) is 0.755. The molecule has 2 heterocycles. The Bertz CT molecular complexity index is 993. The number of hydrogen-bond acceptors (Lipinski definition) is 5. The lowest BCUT2D eigenvalue weighted by Gasteiger charge is -2.17. The Morgan fingerprint density at radius 3 is 2.71 bits per heavy atom. The molecule has 1 aromatic carbocycles. The molecular formula is C17H16F3N3O4S. The van der Waals surface area contributed by atoms with E-state index in [-0.39, 0.29) is 29.6 Å². The molecule has 0 saturated carbocycles. The molecule has 0 atom stereocenters. The number of aromatic nitrogens is 1. The highest BCUT2D eigenvalue weighted by Crippen LogP contribution is 2.25. The minimum Gasteiger partial charge on any atom is -0.468 e. The average Bonchev–Trinajstić information content (AvgIpc) is 2.64. The molecule has 1 aliphatic heterocycles. The Hall–Kier alpha value is -2.66. The van der Waals surface area contributed by atoms with Gasteiger partial charge < -0.3 is 10.1 Å². The fourth-order valence-electron chi connectivity index (χ4n) is 2.58. The monoisotopic (exact) mass is 415 g/mol. The maximum Gasteiger partial charge on any atom is 0.422 e. The van der Waals surface area contributed by atoms with E-state index in [0.29, 0.717) is 23.2 Å². The molecule has 0 saturated heterocycles. The highest BCUT2D eigenvalue weighted by atomic mass is 32.2. The maximum absolute atomic E-state index is 12.5. The summed E-state index contributed by atoms with van der Waals surface area (Å²) in [4.78, 5) is 15.1. The third-order valence-corrected chi connectivity index (χ3v) is 5.33. The second kappa shape index (κ2) is 7.76. The number of fused-ring (bicyclic) bond motifs is 1. The summed E-state index contributed by atoms with van der Waals surface area (Å²) in [5, 5.41) is 2.67. The molecule has 3 rings (SSSR count). The van der Waals surface area contributed by atoms with Crippen LogP contribution in [0.5, 0.6) is 5.88 Å². The van der Waals surface area contributed by atoms with Crippen LogP contribution in [-0.2, 0) is 27.8 Å². The normalized spacial score (nSPS) is 14.3. The second-order valence-electron chi connectivity index (χ2n) is 6.10. The third-order valence-electron chi connectivity index (χ3n) is 3.93. The summed E-state index contributed by atoms with van der Waals surface area (Å²) in [6, 6.07) is 7.08.